The first-order chi connectivity index (χ1) is 11.2. The van der Waals surface area contributed by atoms with Gasteiger partial charge in [0.15, 0.2) is 9.84 Å². The highest BCUT2D eigenvalue weighted by atomic mass is 32.2. The molecule has 0 unspecified atom stereocenters. The van der Waals surface area contributed by atoms with Gasteiger partial charge < -0.3 is 10.8 Å². The maximum absolute atomic E-state index is 13.1. The molecule has 2 aromatic carbocycles. The molecule has 7 heteroatoms. The van der Waals surface area contributed by atoms with Crippen LogP contribution in [-0.2, 0) is 14.6 Å². The van der Waals surface area contributed by atoms with E-state index in [1.807, 2.05) is 6.92 Å². The molecule has 3 atom stereocenters. The molecule has 3 rings (SSSR count). The number of aliphatic carboxylic acids is 1. The van der Waals surface area contributed by atoms with Crippen molar-refractivity contribution in [3.05, 3.63) is 65.5 Å². The molecule has 2 aromatic rings. The number of halogens is 1. The smallest absolute Gasteiger partial charge is 0.325 e. The molecule has 0 aromatic heterocycles. The number of carbonyl (C=O) groups is 1. The van der Waals surface area contributed by atoms with E-state index < -0.39 is 38.3 Å². The van der Waals surface area contributed by atoms with Crippen LogP contribution in [0.25, 0.3) is 0 Å². The minimum atomic E-state index is -3.94. The highest BCUT2D eigenvalue weighted by Gasteiger charge is 2.74. The molecule has 1 fully saturated rings. The van der Waals surface area contributed by atoms with Gasteiger partial charge in [0, 0.05) is 5.92 Å². The first-order valence-electron chi connectivity index (χ1n) is 7.27. The molecule has 0 radical (unpaired) electrons. The van der Waals surface area contributed by atoms with E-state index >= 15 is 0 Å². The summed E-state index contributed by atoms with van der Waals surface area (Å²) in [6.07, 6.45) is 0. The van der Waals surface area contributed by atoms with E-state index in [1.54, 1.807) is 12.1 Å². The minimum Gasteiger partial charge on any atom is -0.480 e. The van der Waals surface area contributed by atoms with Crippen LogP contribution in [0, 0.1) is 12.7 Å². The number of nitrogens with two attached hydrogens (primary N) is 1. The van der Waals surface area contributed by atoms with Crippen molar-refractivity contribution >= 4 is 15.8 Å². The molecule has 3 N–H and O–H groups in total. The number of benzene rings is 2. The van der Waals surface area contributed by atoms with E-state index in [-0.39, 0.29) is 4.90 Å². The van der Waals surface area contributed by atoms with Crippen molar-refractivity contribution in [3.8, 4) is 0 Å². The molecule has 24 heavy (non-hydrogen) atoms. The molecule has 126 valence electrons. The molecule has 0 aliphatic heterocycles. The van der Waals surface area contributed by atoms with Gasteiger partial charge in [-0.25, -0.2) is 12.8 Å². The Balaban J connectivity index is 2.06. The van der Waals surface area contributed by atoms with Gasteiger partial charge in [-0.2, -0.15) is 0 Å². The normalized spacial score (nSPS) is 26.1. The number of carboxylic acids is 1. The van der Waals surface area contributed by atoms with Gasteiger partial charge in [0.05, 0.1) is 4.90 Å². The van der Waals surface area contributed by atoms with E-state index in [9.17, 15) is 22.7 Å². The summed E-state index contributed by atoms with van der Waals surface area (Å²) in [5, 5.41) is 8.16. The van der Waals surface area contributed by atoms with Crippen molar-refractivity contribution in [2.75, 3.05) is 0 Å². The quantitative estimate of drug-likeness (QED) is 0.878. The third-order valence-electron chi connectivity index (χ3n) is 4.46. The summed E-state index contributed by atoms with van der Waals surface area (Å²) in [7, 11) is -3.94. The predicted molar refractivity (Wildman–Crippen MR) is 85.8 cm³/mol. The Labute approximate surface area is 138 Å². The highest BCUT2D eigenvalue weighted by Crippen LogP contribution is 2.55. The predicted octanol–water partition coefficient (Wildman–Crippen LogP) is 1.86. The summed E-state index contributed by atoms with van der Waals surface area (Å²) < 4.78 is 38.8. The SMILES string of the molecule is Cc1ccc(S(=O)(=O)[C@@H]2[C@H](c3ccc(F)cc3)[C@@]2(N)C(=O)O)cc1. The van der Waals surface area contributed by atoms with E-state index in [4.69, 9.17) is 5.73 Å². The Bertz CT molecular complexity index is 893. The minimum absolute atomic E-state index is 0.0267. The first kappa shape index (κ1) is 16.6. The fraction of sp³-hybridized carbons (Fsp3) is 0.235. The van der Waals surface area contributed by atoms with E-state index in [0.29, 0.717) is 5.56 Å². The Kier molecular flexibility index (Phi) is 3.73. The van der Waals surface area contributed by atoms with E-state index in [1.165, 1.54) is 24.3 Å². The van der Waals surface area contributed by atoms with E-state index in [0.717, 1.165) is 17.7 Å². The van der Waals surface area contributed by atoms with Crippen LogP contribution in [0.15, 0.2) is 53.4 Å². The van der Waals surface area contributed by atoms with Crippen molar-refractivity contribution in [1.82, 2.24) is 0 Å². The Morgan fingerprint density at radius 2 is 1.67 bits per heavy atom. The van der Waals surface area contributed by atoms with Crippen LogP contribution in [0.1, 0.15) is 17.0 Å². The second-order valence-electron chi connectivity index (χ2n) is 6.05. The summed E-state index contributed by atoms with van der Waals surface area (Å²) in [5.74, 6) is -2.81. The summed E-state index contributed by atoms with van der Waals surface area (Å²) in [6.45, 7) is 1.82. The lowest BCUT2D eigenvalue weighted by molar-refractivity contribution is -0.139. The van der Waals surface area contributed by atoms with Crippen LogP contribution in [-0.4, -0.2) is 30.3 Å². The number of hydrogen-bond donors (Lipinski definition) is 2. The summed E-state index contributed by atoms with van der Waals surface area (Å²) in [5.41, 5.74) is 5.28. The fourth-order valence-electron chi connectivity index (χ4n) is 3.06. The Morgan fingerprint density at radius 3 is 2.17 bits per heavy atom. The number of sulfone groups is 1. The van der Waals surface area contributed by atoms with Gasteiger partial charge in [0.2, 0.25) is 0 Å². The number of aryl methyl sites for hydroxylation is 1. The molecular formula is C17H16FNO4S. The maximum atomic E-state index is 13.1. The molecule has 1 saturated carbocycles. The summed E-state index contributed by atoms with van der Waals surface area (Å²) in [6, 6.07) is 11.2. The van der Waals surface area contributed by atoms with Crippen molar-refractivity contribution < 1.29 is 22.7 Å². The third-order valence-corrected chi connectivity index (χ3v) is 6.72. The highest BCUT2D eigenvalue weighted by molar-refractivity contribution is 7.92. The zero-order valence-electron chi connectivity index (χ0n) is 12.8. The fourth-order valence-corrected chi connectivity index (χ4v) is 5.29. The summed E-state index contributed by atoms with van der Waals surface area (Å²) >= 11 is 0. The van der Waals surface area contributed by atoms with Gasteiger partial charge in [-0.3, -0.25) is 4.79 Å². The Morgan fingerprint density at radius 1 is 1.12 bits per heavy atom. The van der Waals surface area contributed by atoms with Gasteiger partial charge in [-0.15, -0.1) is 0 Å². The molecule has 0 heterocycles. The third kappa shape index (κ3) is 2.40. The number of rotatable bonds is 4. The lowest BCUT2D eigenvalue weighted by Gasteiger charge is -2.07. The zero-order chi connectivity index (χ0) is 17.7. The number of hydrogen-bond acceptors (Lipinski definition) is 4. The lowest BCUT2D eigenvalue weighted by Crippen LogP contribution is -2.39. The van der Waals surface area contributed by atoms with Crippen LogP contribution in [0.4, 0.5) is 4.39 Å². The lowest BCUT2D eigenvalue weighted by atomic mass is 10.1. The maximum Gasteiger partial charge on any atom is 0.325 e. The molecule has 0 saturated heterocycles. The molecule has 5 nitrogen and oxygen atoms in total. The molecule has 1 aliphatic rings. The second kappa shape index (κ2) is 5.39. The van der Waals surface area contributed by atoms with Crippen LogP contribution < -0.4 is 5.73 Å². The molecular weight excluding hydrogens is 333 g/mol. The average molecular weight is 349 g/mol. The molecule has 0 spiro atoms. The largest absolute Gasteiger partial charge is 0.480 e. The van der Waals surface area contributed by atoms with Gasteiger partial charge in [0.1, 0.15) is 16.6 Å². The monoisotopic (exact) mass is 349 g/mol. The number of carboxylic acid groups (broad SMARTS) is 1. The first-order valence-corrected chi connectivity index (χ1v) is 8.82. The Hall–Kier alpha value is -2.25. The molecule has 0 amide bonds. The van der Waals surface area contributed by atoms with Crippen LogP contribution in [0.3, 0.4) is 0 Å². The van der Waals surface area contributed by atoms with Gasteiger partial charge in [-0.1, -0.05) is 29.8 Å². The average Bonchev–Trinajstić information content (AvgIpc) is 3.17. The van der Waals surface area contributed by atoms with Crippen LogP contribution >= 0.6 is 0 Å². The van der Waals surface area contributed by atoms with Crippen molar-refractivity contribution in [2.24, 2.45) is 5.73 Å². The van der Waals surface area contributed by atoms with Crippen LogP contribution in [0.2, 0.25) is 0 Å². The topological polar surface area (TPSA) is 97.5 Å². The standard InChI is InChI=1S/C17H16FNO4S/c1-10-2-8-13(9-3-10)24(22,23)15-14(17(15,19)16(20)21)11-4-6-12(18)7-5-11/h2-9,14-15H,19H2,1H3,(H,20,21)/t14-,15+,17-/m0/s1. The zero-order valence-corrected chi connectivity index (χ0v) is 13.6. The van der Waals surface area contributed by atoms with Gasteiger partial charge in [-0.05, 0) is 36.8 Å². The van der Waals surface area contributed by atoms with Gasteiger partial charge in [0.25, 0.3) is 0 Å². The van der Waals surface area contributed by atoms with Crippen molar-refractivity contribution in [2.45, 2.75) is 28.5 Å². The summed E-state index contributed by atoms with van der Waals surface area (Å²) in [4.78, 5) is 11.6. The van der Waals surface area contributed by atoms with E-state index in [2.05, 4.69) is 0 Å². The second-order valence-corrected chi connectivity index (χ2v) is 8.12. The van der Waals surface area contributed by atoms with Gasteiger partial charge >= 0.3 is 5.97 Å². The molecule has 0 bridgehead atoms. The molecule has 1 aliphatic carbocycles. The van der Waals surface area contributed by atoms with Crippen LogP contribution in [0.5, 0.6) is 0 Å². The van der Waals surface area contributed by atoms with Crippen molar-refractivity contribution in [1.29, 1.82) is 0 Å². The van der Waals surface area contributed by atoms with Crippen molar-refractivity contribution in [3.63, 3.8) is 0 Å².